The van der Waals surface area contributed by atoms with Gasteiger partial charge in [0.05, 0.1) is 0 Å². The highest BCUT2D eigenvalue weighted by atomic mass is 14.3. The van der Waals surface area contributed by atoms with Crippen molar-refractivity contribution < 1.29 is 0 Å². The molecule has 0 spiro atoms. The van der Waals surface area contributed by atoms with Gasteiger partial charge < -0.3 is 5.41 Å². The second-order valence-electron chi connectivity index (χ2n) is 2.41. The third-order valence-electron chi connectivity index (χ3n) is 1.20. The lowest BCUT2D eigenvalue weighted by atomic mass is 10.1. The molecule has 0 unspecified atom stereocenters. The monoisotopic (exact) mass is 125 g/mol. The molecule has 0 aromatic heterocycles. The van der Waals surface area contributed by atoms with Gasteiger partial charge in [0, 0.05) is 0 Å². The summed E-state index contributed by atoms with van der Waals surface area (Å²) in [5.74, 6) is 0. The molecule has 0 amide bonds. The summed E-state index contributed by atoms with van der Waals surface area (Å²) >= 11 is 0. The average molecular weight is 125 g/mol. The minimum absolute atomic E-state index is 0.924. The van der Waals surface area contributed by atoms with Crippen molar-refractivity contribution >= 4 is 6.21 Å². The fourth-order valence-corrected chi connectivity index (χ4v) is 0.673. The Morgan fingerprint density at radius 2 is 2.22 bits per heavy atom. The molecular weight excluding hydrogens is 110 g/mol. The third kappa shape index (κ3) is 7.41. The van der Waals surface area contributed by atoms with Gasteiger partial charge in [0.25, 0.3) is 0 Å². The van der Waals surface area contributed by atoms with Crippen LogP contribution in [0.3, 0.4) is 0 Å². The van der Waals surface area contributed by atoms with Gasteiger partial charge in [0.1, 0.15) is 0 Å². The maximum absolute atomic E-state index is 6.74. The van der Waals surface area contributed by atoms with E-state index in [1.807, 2.05) is 6.92 Å². The summed E-state index contributed by atoms with van der Waals surface area (Å²) in [4.78, 5) is 0. The van der Waals surface area contributed by atoms with E-state index in [1.54, 1.807) is 0 Å². The molecule has 0 radical (unpaired) electrons. The summed E-state index contributed by atoms with van der Waals surface area (Å²) in [6.07, 6.45) is 5.83. The number of allylic oxidation sites excluding steroid dienone is 1. The zero-order valence-corrected chi connectivity index (χ0v) is 6.11. The number of hydrogen-bond acceptors (Lipinski definition) is 1. The second kappa shape index (κ2) is 5.54. The Hall–Kier alpha value is -0.590. The van der Waals surface area contributed by atoms with Crippen LogP contribution in [0.4, 0.5) is 0 Å². The first-order valence-electron chi connectivity index (χ1n) is 3.40. The van der Waals surface area contributed by atoms with E-state index in [0.717, 1.165) is 19.3 Å². The molecule has 0 saturated heterocycles. The average Bonchev–Trinajstić information content (AvgIpc) is 1.80. The summed E-state index contributed by atoms with van der Waals surface area (Å²) in [5, 5.41) is 6.74. The van der Waals surface area contributed by atoms with E-state index in [1.165, 1.54) is 18.2 Å². The van der Waals surface area contributed by atoms with Crippen LogP contribution < -0.4 is 0 Å². The van der Waals surface area contributed by atoms with Crippen molar-refractivity contribution in [2.75, 3.05) is 0 Å². The van der Waals surface area contributed by atoms with E-state index in [2.05, 4.69) is 6.58 Å². The summed E-state index contributed by atoms with van der Waals surface area (Å²) in [5.41, 5.74) is 1.25. The lowest BCUT2D eigenvalue weighted by Crippen LogP contribution is -1.78. The molecule has 0 aromatic rings. The largest absolute Gasteiger partial charge is 0.313 e. The van der Waals surface area contributed by atoms with Gasteiger partial charge in [-0.1, -0.05) is 5.57 Å². The van der Waals surface area contributed by atoms with E-state index in [4.69, 9.17) is 5.41 Å². The van der Waals surface area contributed by atoms with Gasteiger partial charge in [-0.3, -0.25) is 0 Å². The molecule has 0 rings (SSSR count). The van der Waals surface area contributed by atoms with E-state index in [-0.39, 0.29) is 0 Å². The first-order valence-corrected chi connectivity index (χ1v) is 3.40. The van der Waals surface area contributed by atoms with Crippen molar-refractivity contribution in [3.8, 4) is 0 Å². The number of nitrogens with one attached hydrogen (secondary N) is 1. The molecular formula is C8H15N. The van der Waals surface area contributed by atoms with Crippen LogP contribution in [0.5, 0.6) is 0 Å². The highest BCUT2D eigenvalue weighted by Crippen LogP contribution is 2.04. The van der Waals surface area contributed by atoms with E-state index < -0.39 is 0 Å². The van der Waals surface area contributed by atoms with Gasteiger partial charge in [-0.25, -0.2) is 0 Å². The summed E-state index contributed by atoms with van der Waals surface area (Å²) in [7, 11) is 0. The van der Waals surface area contributed by atoms with Gasteiger partial charge in [-0.05, 0) is 38.8 Å². The van der Waals surface area contributed by atoms with E-state index in [9.17, 15) is 0 Å². The molecule has 0 saturated carbocycles. The standard InChI is InChI=1S/C8H15N/c1-8(2)6-4-3-5-7-9/h7,9H,1,3-6H2,2H3. The molecule has 0 aliphatic heterocycles. The zero-order chi connectivity index (χ0) is 7.11. The van der Waals surface area contributed by atoms with Gasteiger partial charge >= 0.3 is 0 Å². The van der Waals surface area contributed by atoms with Crippen LogP contribution in [0, 0.1) is 5.41 Å². The fraction of sp³-hybridized carbons (Fsp3) is 0.625. The lowest BCUT2D eigenvalue weighted by Gasteiger charge is -1.95. The number of rotatable bonds is 5. The van der Waals surface area contributed by atoms with Crippen LogP contribution in [-0.2, 0) is 0 Å². The Labute approximate surface area is 57.3 Å². The fourth-order valence-electron chi connectivity index (χ4n) is 0.673. The van der Waals surface area contributed by atoms with Crippen molar-refractivity contribution in [3.63, 3.8) is 0 Å². The Balaban J connectivity index is 2.91. The number of hydrogen-bond donors (Lipinski definition) is 1. The molecule has 0 aromatic carbocycles. The van der Waals surface area contributed by atoms with Crippen molar-refractivity contribution in [2.45, 2.75) is 32.6 Å². The molecule has 0 aliphatic rings. The van der Waals surface area contributed by atoms with Gasteiger partial charge in [-0.15, -0.1) is 6.58 Å². The number of unbranched alkanes of at least 4 members (excludes halogenated alkanes) is 2. The smallest absolute Gasteiger partial charge is 0.00477 e. The maximum Gasteiger partial charge on any atom is -0.00477 e. The predicted molar refractivity (Wildman–Crippen MR) is 42.1 cm³/mol. The van der Waals surface area contributed by atoms with Crippen molar-refractivity contribution in [2.24, 2.45) is 0 Å². The van der Waals surface area contributed by atoms with Crippen LogP contribution in [-0.4, -0.2) is 6.21 Å². The summed E-state index contributed by atoms with van der Waals surface area (Å²) < 4.78 is 0. The SMILES string of the molecule is C=C(C)CCCCC=N. The van der Waals surface area contributed by atoms with Gasteiger partial charge in [0.15, 0.2) is 0 Å². The van der Waals surface area contributed by atoms with Crippen LogP contribution in [0.2, 0.25) is 0 Å². The maximum atomic E-state index is 6.74. The molecule has 1 N–H and O–H groups in total. The van der Waals surface area contributed by atoms with Crippen LogP contribution in [0.1, 0.15) is 32.6 Å². The van der Waals surface area contributed by atoms with E-state index >= 15 is 0 Å². The Morgan fingerprint density at radius 3 is 2.67 bits per heavy atom. The van der Waals surface area contributed by atoms with E-state index in [0.29, 0.717) is 0 Å². The first-order chi connectivity index (χ1) is 4.27. The highest BCUT2D eigenvalue weighted by Gasteiger charge is 1.85. The minimum Gasteiger partial charge on any atom is -0.313 e. The zero-order valence-electron chi connectivity index (χ0n) is 6.11. The molecule has 0 bridgehead atoms. The lowest BCUT2D eigenvalue weighted by molar-refractivity contribution is 0.761. The van der Waals surface area contributed by atoms with Crippen molar-refractivity contribution in [1.29, 1.82) is 5.41 Å². The normalized spacial score (nSPS) is 9.00. The van der Waals surface area contributed by atoms with Gasteiger partial charge in [0.2, 0.25) is 0 Å². The second-order valence-corrected chi connectivity index (χ2v) is 2.41. The molecule has 1 heteroatoms. The third-order valence-corrected chi connectivity index (χ3v) is 1.20. The Bertz CT molecular complexity index is 94.7. The van der Waals surface area contributed by atoms with Crippen molar-refractivity contribution in [1.82, 2.24) is 0 Å². The van der Waals surface area contributed by atoms with Crippen LogP contribution in [0.25, 0.3) is 0 Å². The summed E-state index contributed by atoms with van der Waals surface area (Å²) in [6, 6.07) is 0. The van der Waals surface area contributed by atoms with Crippen LogP contribution in [0.15, 0.2) is 12.2 Å². The minimum atomic E-state index is 0.924. The topological polar surface area (TPSA) is 23.9 Å². The highest BCUT2D eigenvalue weighted by molar-refractivity contribution is 5.52. The Kier molecular flexibility index (Phi) is 5.18. The molecule has 52 valence electrons. The van der Waals surface area contributed by atoms with Crippen molar-refractivity contribution in [3.05, 3.63) is 12.2 Å². The molecule has 9 heavy (non-hydrogen) atoms. The molecule has 1 nitrogen and oxygen atoms in total. The molecule has 0 atom stereocenters. The van der Waals surface area contributed by atoms with Gasteiger partial charge in [-0.2, -0.15) is 0 Å². The molecule has 0 aliphatic carbocycles. The predicted octanol–water partition coefficient (Wildman–Crippen LogP) is 2.77. The quantitative estimate of drug-likeness (QED) is 0.332. The molecule has 0 fully saturated rings. The summed E-state index contributed by atoms with van der Waals surface area (Å²) in [6.45, 7) is 5.84. The van der Waals surface area contributed by atoms with Crippen LogP contribution >= 0.6 is 0 Å². The molecule has 0 heterocycles. The Morgan fingerprint density at radius 1 is 1.56 bits per heavy atom. The first kappa shape index (κ1) is 8.41.